The number of carbonyl (C=O) groups is 1. The minimum absolute atomic E-state index is 0.0577. The number of unbranched alkanes of at least 4 members (excludes halogenated alkanes) is 3. The molecule has 0 aromatic heterocycles. The van der Waals surface area contributed by atoms with Crippen LogP contribution in [0.15, 0.2) is 12.2 Å². The molecule has 0 saturated heterocycles. The Labute approximate surface area is 91.7 Å². The lowest BCUT2D eigenvalue weighted by Gasteiger charge is -2.10. The summed E-state index contributed by atoms with van der Waals surface area (Å²) in [6, 6.07) is 1.75. The third-order valence-corrected chi connectivity index (χ3v) is 2.08. The number of hydrogen-bond donors (Lipinski definition) is 0. The Morgan fingerprint density at radius 1 is 1.47 bits per heavy atom. The van der Waals surface area contributed by atoms with Crippen LogP contribution in [0.4, 0.5) is 0 Å². The standard InChI is InChI=1S/C12H19NO2/c1-3-4-5-6-8-11(2)15-12(14)9-7-10-13/h7,9,11H,3-6,8H2,1-2H3/b9-7+. The van der Waals surface area contributed by atoms with Crippen LogP contribution in [-0.2, 0) is 9.53 Å². The Kier molecular flexibility index (Phi) is 8.46. The Morgan fingerprint density at radius 3 is 2.80 bits per heavy atom. The summed E-state index contributed by atoms with van der Waals surface area (Å²) in [6.07, 6.45) is 7.84. The van der Waals surface area contributed by atoms with Gasteiger partial charge in [0.1, 0.15) is 0 Å². The molecule has 0 fully saturated rings. The molecule has 1 atom stereocenters. The summed E-state index contributed by atoms with van der Waals surface area (Å²) in [4.78, 5) is 11.0. The van der Waals surface area contributed by atoms with Gasteiger partial charge >= 0.3 is 5.97 Å². The van der Waals surface area contributed by atoms with Gasteiger partial charge in [-0.25, -0.2) is 4.79 Å². The van der Waals surface area contributed by atoms with E-state index in [1.807, 2.05) is 6.92 Å². The molecule has 0 radical (unpaired) electrons. The van der Waals surface area contributed by atoms with Gasteiger partial charge in [-0.15, -0.1) is 0 Å². The first-order valence-corrected chi connectivity index (χ1v) is 5.47. The van der Waals surface area contributed by atoms with Gasteiger partial charge in [-0.05, 0) is 19.8 Å². The number of nitrogens with zero attached hydrogens (tertiary/aromatic N) is 1. The molecule has 1 unspecified atom stereocenters. The fourth-order valence-electron chi connectivity index (χ4n) is 1.26. The lowest BCUT2D eigenvalue weighted by Crippen LogP contribution is -2.12. The van der Waals surface area contributed by atoms with Crippen LogP contribution in [0.5, 0.6) is 0 Å². The van der Waals surface area contributed by atoms with E-state index in [2.05, 4.69) is 6.92 Å². The van der Waals surface area contributed by atoms with Crippen LogP contribution in [0.25, 0.3) is 0 Å². The van der Waals surface area contributed by atoms with E-state index in [1.165, 1.54) is 19.3 Å². The molecule has 15 heavy (non-hydrogen) atoms. The molecule has 0 spiro atoms. The smallest absolute Gasteiger partial charge is 0.331 e. The Bertz CT molecular complexity index is 240. The van der Waals surface area contributed by atoms with Gasteiger partial charge in [0.2, 0.25) is 0 Å². The van der Waals surface area contributed by atoms with Crippen LogP contribution >= 0.6 is 0 Å². The summed E-state index contributed by atoms with van der Waals surface area (Å²) in [5.74, 6) is -0.431. The maximum Gasteiger partial charge on any atom is 0.331 e. The molecule has 0 aliphatic heterocycles. The van der Waals surface area contributed by atoms with E-state index in [-0.39, 0.29) is 6.10 Å². The van der Waals surface area contributed by atoms with Crippen molar-refractivity contribution in [2.75, 3.05) is 0 Å². The largest absolute Gasteiger partial charge is 0.459 e. The molecule has 0 rings (SSSR count). The zero-order chi connectivity index (χ0) is 11.5. The maximum atomic E-state index is 11.0. The second-order valence-corrected chi connectivity index (χ2v) is 3.56. The van der Waals surface area contributed by atoms with Crippen LogP contribution in [0.2, 0.25) is 0 Å². The summed E-state index contributed by atoms with van der Waals surface area (Å²) in [5, 5.41) is 8.21. The predicted octanol–water partition coefficient (Wildman–Crippen LogP) is 2.97. The second-order valence-electron chi connectivity index (χ2n) is 3.56. The number of allylic oxidation sites excluding steroid dienone is 1. The van der Waals surface area contributed by atoms with Gasteiger partial charge in [-0.1, -0.05) is 26.2 Å². The fraction of sp³-hybridized carbons (Fsp3) is 0.667. The van der Waals surface area contributed by atoms with E-state index in [9.17, 15) is 4.79 Å². The molecular weight excluding hydrogens is 190 g/mol. The van der Waals surface area contributed by atoms with Gasteiger partial charge in [0.15, 0.2) is 0 Å². The number of ether oxygens (including phenoxy) is 1. The highest BCUT2D eigenvalue weighted by atomic mass is 16.5. The summed E-state index contributed by atoms with van der Waals surface area (Å²) in [7, 11) is 0. The number of carbonyl (C=O) groups excluding carboxylic acids is 1. The molecule has 3 nitrogen and oxygen atoms in total. The maximum absolute atomic E-state index is 11.0. The molecule has 3 heteroatoms. The minimum Gasteiger partial charge on any atom is -0.459 e. The number of nitriles is 1. The molecule has 0 heterocycles. The highest BCUT2D eigenvalue weighted by Crippen LogP contribution is 2.08. The summed E-state index contributed by atoms with van der Waals surface area (Å²) < 4.78 is 5.06. The molecule has 0 aliphatic carbocycles. The first-order valence-electron chi connectivity index (χ1n) is 5.47. The number of hydrogen-bond acceptors (Lipinski definition) is 3. The average Bonchev–Trinajstić information content (AvgIpc) is 2.21. The van der Waals surface area contributed by atoms with Crippen LogP contribution in [0, 0.1) is 11.3 Å². The fourth-order valence-corrected chi connectivity index (χ4v) is 1.26. The zero-order valence-electron chi connectivity index (χ0n) is 9.53. The van der Waals surface area contributed by atoms with Crippen molar-refractivity contribution < 1.29 is 9.53 Å². The summed E-state index contributed by atoms with van der Waals surface area (Å²) in [6.45, 7) is 4.04. The lowest BCUT2D eigenvalue weighted by molar-refractivity contribution is -0.142. The molecule has 0 aliphatic rings. The van der Waals surface area contributed by atoms with Crippen molar-refractivity contribution in [1.29, 1.82) is 5.26 Å². The molecular formula is C12H19NO2. The minimum atomic E-state index is -0.431. The van der Waals surface area contributed by atoms with E-state index in [1.54, 1.807) is 6.07 Å². The van der Waals surface area contributed by atoms with Gasteiger partial charge in [0.05, 0.1) is 12.2 Å². The Hall–Kier alpha value is -1.30. The quantitative estimate of drug-likeness (QED) is 0.280. The monoisotopic (exact) mass is 209 g/mol. The zero-order valence-corrected chi connectivity index (χ0v) is 9.53. The first-order chi connectivity index (χ1) is 7.20. The van der Waals surface area contributed by atoms with E-state index in [4.69, 9.17) is 10.00 Å². The summed E-state index contributed by atoms with van der Waals surface area (Å²) in [5.41, 5.74) is 0. The van der Waals surface area contributed by atoms with Crippen molar-refractivity contribution in [2.45, 2.75) is 52.1 Å². The Balaban J connectivity index is 3.56. The van der Waals surface area contributed by atoms with E-state index < -0.39 is 5.97 Å². The van der Waals surface area contributed by atoms with E-state index >= 15 is 0 Å². The van der Waals surface area contributed by atoms with Crippen molar-refractivity contribution in [2.24, 2.45) is 0 Å². The highest BCUT2D eigenvalue weighted by Gasteiger charge is 2.05. The van der Waals surface area contributed by atoms with Crippen molar-refractivity contribution in [3.05, 3.63) is 12.2 Å². The number of esters is 1. The first kappa shape index (κ1) is 13.7. The highest BCUT2D eigenvalue weighted by molar-refractivity contribution is 5.82. The third-order valence-electron chi connectivity index (χ3n) is 2.08. The van der Waals surface area contributed by atoms with E-state index in [0.29, 0.717) is 0 Å². The lowest BCUT2D eigenvalue weighted by atomic mass is 10.1. The molecule has 0 N–H and O–H groups in total. The van der Waals surface area contributed by atoms with Gasteiger partial charge in [-0.2, -0.15) is 5.26 Å². The topological polar surface area (TPSA) is 50.1 Å². The summed E-state index contributed by atoms with van der Waals surface area (Å²) >= 11 is 0. The molecule has 0 aromatic rings. The SMILES string of the molecule is CCCCCCC(C)OC(=O)/C=C/C#N. The van der Waals surface area contributed by atoms with Gasteiger partial charge < -0.3 is 4.74 Å². The normalized spacial score (nSPS) is 12.3. The Morgan fingerprint density at radius 2 is 2.20 bits per heavy atom. The van der Waals surface area contributed by atoms with Gasteiger partial charge in [0, 0.05) is 12.2 Å². The van der Waals surface area contributed by atoms with Crippen LogP contribution in [0.1, 0.15) is 46.0 Å². The van der Waals surface area contributed by atoms with Gasteiger partial charge in [-0.3, -0.25) is 0 Å². The van der Waals surface area contributed by atoms with Crippen LogP contribution in [0.3, 0.4) is 0 Å². The average molecular weight is 209 g/mol. The molecule has 0 saturated carbocycles. The molecule has 0 amide bonds. The van der Waals surface area contributed by atoms with Crippen LogP contribution < -0.4 is 0 Å². The van der Waals surface area contributed by atoms with Crippen molar-refractivity contribution in [1.82, 2.24) is 0 Å². The third kappa shape index (κ3) is 9.01. The van der Waals surface area contributed by atoms with Crippen molar-refractivity contribution >= 4 is 5.97 Å². The van der Waals surface area contributed by atoms with Crippen molar-refractivity contribution in [3.8, 4) is 6.07 Å². The predicted molar refractivity (Wildman–Crippen MR) is 59.1 cm³/mol. The molecule has 0 bridgehead atoms. The van der Waals surface area contributed by atoms with E-state index in [0.717, 1.165) is 25.0 Å². The van der Waals surface area contributed by atoms with Crippen molar-refractivity contribution in [3.63, 3.8) is 0 Å². The van der Waals surface area contributed by atoms with Gasteiger partial charge in [0.25, 0.3) is 0 Å². The molecule has 84 valence electrons. The second kappa shape index (κ2) is 9.26. The van der Waals surface area contributed by atoms with Crippen LogP contribution in [-0.4, -0.2) is 12.1 Å². The number of rotatable bonds is 7. The molecule has 0 aromatic carbocycles.